The van der Waals surface area contributed by atoms with Crippen LogP contribution in [-0.2, 0) is 17.6 Å². The maximum Gasteiger partial charge on any atom is 0.293 e. The molecule has 1 unspecified atom stereocenters. The number of carbonyl (C=O) groups excluding carboxylic acids is 2. The third kappa shape index (κ3) is 3.69. The van der Waals surface area contributed by atoms with Crippen LogP contribution in [0.25, 0.3) is 0 Å². The minimum atomic E-state index is -0.657. The summed E-state index contributed by atoms with van der Waals surface area (Å²) in [5.74, 6) is -1.55. The molecule has 1 aliphatic carbocycles. The third-order valence-electron chi connectivity index (χ3n) is 4.87. The second-order valence-corrected chi connectivity index (χ2v) is 7.62. The van der Waals surface area contributed by atoms with Crippen molar-refractivity contribution in [2.24, 2.45) is 0 Å². The van der Waals surface area contributed by atoms with Gasteiger partial charge in [-0.05, 0) is 65.6 Å². The fourth-order valence-corrected chi connectivity index (χ4v) is 4.27. The Balaban J connectivity index is 1.58. The Morgan fingerprint density at radius 2 is 1.78 bits per heavy atom. The van der Waals surface area contributed by atoms with E-state index in [0.717, 1.165) is 35.3 Å². The van der Waals surface area contributed by atoms with Crippen molar-refractivity contribution in [1.29, 1.82) is 0 Å². The number of carbonyl (C=O) groups is 2. The van der Waals surface area contributed by atoms with Gasteiger partial charge in [0.1, 0.15) is 5.82 Å². The monoisotopic (exact) mass is 379 g/mol. The van der Waals surface area contributed by atoms with E-state index >= 15 is 0 Å². The first-order valence-electron chi connectivity index (χ1n) is 8.87. The lowest BCUT2D eigenvalue weighted by atomic mass is 10.0. The van der Waals surface area contributed by atoms with Gasteiger partial charge in [0.2, 0.25) is 5.78 Å². The first-order valence-corrected chi connectivity index (χ1v) is 9.75. The van der Waals surface area contributed by atoms with Crippen molar-refractivity contribution in [2.75, 3.05) is 0 Å². The van der Waals surface area contributed by atoms with Gasteiger partial charge < -0.3 is 5.32 Å². The van der Waals surface area contributed by atoms with E-state index < -0.39 is 17.7 Å². The zero-order chi connectivity index (χ0) is 18.8. The van der Waals surface area contributed by atoms with Gasteiger partial charge in [0, 0.05) is 10.4 Å². The molecule has 0 fully saturated rings. The van der Waals surface area contributed by atoms with E-state index in [4.69, 9.17) is 0 Å². The number of amides is 1. The highest BCUT2D eigenvalue weighted by molar-refractivity contribution is 7.10. The average molecular weight is 379 g/mol. The summed E-state index contributed by atoms with van der Waals surface area (Å²) < 4.78 is 13.3. The van der Waals surface area contributed by atoms with E-state index in [2.05, 4.69) is 5.32 Å². The number of rotatable bonds is 5. The van der Waals surface area contributed by atoms with Crippen molar-refractivity contribution < 1.29 is 14.0 Å². The molecule has 0 radical (unpaired) electrons. The number of benzene rings is 2. The molecule has 1 amide bonds. The van der Waals surface area contributed by atoms with Gasteiger partial charge in [0.05, 0.1) is 6.04 Å². The highest BCUT2D eigenvalue weighted by atomic mass is 32.1. The largest absolute Gasteiger partial charge is 0.337 e. The second-order valence-electron chi connectivity index (χ2n) is 6.64. The molecule has 3 nitrogen and oxygen atoms in total. The fraction of sp³-hybridized carbons (Fsp3) is 0.182. The van der Waals surface area contributed by atoms with Crippen LogP contribution in [0.3, 0.4) is 0 Å². The standard InChI is InChI=1S/C22H18FNO2S/c23-18-10-8-15(9-11-18)20(19-5-2-12-27-19)24-22(26)21(25)17-7-6-14-3-1-4-16(14)13-17/h2,5-13,20H,1,3-4H2,(H,24,26). The van der Waals surface area contributed by atoms with E-state index in [0.29, 0.717) is 5.56 Å². The summed E-state index contributed by atoms with van der Waals surface area (Å²) in [6.07, 6.45) is 3.07. The van der Waals surface area contributed by atoms with Gasteiger partial charge in [-0.25, -0.2) is 4.39 Å². The quantitative estimate of drug-likeness (QED) is 0.525. The summed E-state index contributed by atoms with van der Waals surface area (Å²) in [6, 6.07) is 14.7. The first-order chi connectivity index (χ1) is 13.1. The molecular formula is C22H18FNO2S. The van der Waals surface area contributed by atoms with Crippen molar-refractivity contribution in [3.63, 3.8) is 0 Å². The average Bonchev–Trinajstić information content (AvgIpc) is 3.37. The maximum absolute atomic E-state index is 13.3. The number of hydrogen-bond donors (Lipinski definition) is 1. The lowest BCUT2D eigenvalue weighted by molar-refractivity contribution is -0.117. The predicted octanol–water partition coefficient (Wildman–Crippen LogP) is 4.46. The molecule has 0 aliphatic heterocycles. The molecule has 3 aromatic rings. The minimum Gasteiger partial charge on any atom is -0.337 e. The van der Waals surface area contributed by atoms with Crippen LogP contribution in [0, 0.1) is 5.82 Å². The third-order valence-corrected chi connectivity index (χ3v) is 5.81. The summed E-state index contributed by atoms with van der Waals surface area (Å²) >= 11 is 1.48. The van der Waals surface area contributed by atoms with Gasteiger partial charge >= 0.3 is 0 Å². The molecule has 0 bridgehead atoms. The van der Waals surface area contributed by atoms with E-state index in [1.54, 1.807) is 18.2 Å². The molecule has 1 heterocycles. The SMILES string of the molecule is O=C(NC(c1ccc(F)cc1)c1cccs1)C(=O)c1ccc2c(c1)CCC2. The number of Topliss-reactive ketones (excluding diaryl/α,β-unsaturated/α-hetero) is 1. The lowest BCUT2D eigenvalue weighted by Gasteiger charge is -2.18. The zero-order valence-electron chi connectivity index (χ0n) is 14.6. The van der Waals surface area contributed by atoms with Gasteiger partial charge in [-0.15, -0.1) is 11.3 Å². The molecule has 1 aromatic heterocycles. The number of thiophene rings is 1. The Hall–Kier alpha value is -2.79. The maximum atomic E-state index is 13.3. The van der Waals surface area contributed by atoms with Gasteiger partial charge in [-0.2, -0.15) is 0 Å². The molecule has 27 heavy (non-hydrogen) atoms. The van der Waals surface area contributed by atoms with Crippen molar-refractivity contribution in [3.05, 3.63) is 92.9 Å². The van der Waals surface area contributed by atoms with Gasteiger partial charge in [0.25, 0.3) is 5.91 Å². The Kier molecular flexibility index (Phi) is 4.86. The van der Waals surface area contributed by atoms with E-state index in [9.17, 15) is 14.0 Å². The molecule has 0 saturated carbocycles. The van der Waals surface area contributed by atoms with Gasteiger partial charge in [0.15, 0.2) is 0 Å². The summed E-state index contributed by atoms with van der Waals surface area (Å²) in [6.45, 7) is 0. The lowest BCUT2D eigenvalue weighted by Crippen LogP contribution is -2.34. The number of nitrogens with one attached hydrogen (secondary N) is 1. The molecule has 1 N–H and O–H groups in total. The van der Waals surface area contributed by atoms with Crippen LogP contribution in [0.2, 0.25) is 0 Å². The summed E-state index contributed by atoms with van der Waals surface area (Å²) in [5, 5.41) is 4.72. The number of fused-ring (bicyclic) bond motifs is 1. The van der Waals surface area contributed by atoms with Crippen LogP contribution in [0.4, 0.5) is 4.39 Å². The summed E-state index contributed by atoms with van der Waals surface area (Å²) in [4.78, 5) is 26.2. The van der Waals surface area contributed by atoms with Crippen LogP contribution in [0.15, 0.2) is 60.0 Å². The molecular weight excluding hydrogens is 361 g/mol. The molecule has 0 saturated heterocycles. The molecule has 2 aromatic carbocycles. The molecule has 4 rings (SSSR count). The molecule has 0 spiro atoms. The van der Waals surface area contributed by atoms with E-state index in [1.165, 1.54) is 29.0 Å². The molecule has 1 aliphatic rings. The zero-order valence-corrected chi connectivity index (χ0v) is 15.4. The minimum absolute atomic E-state index is 0.343. The van der Waals surface area contributed by atoms with Gasteiger partial charge in [-0.1, -0.05) is 30.3 Å². The summed E-state index contributed by atoms with van der Waals surface area (Å²) in [7, 11) is 0. The van der Waals surface area contributed by atoms with Crippen LogP contribution in [0.5, 0.6) is 0 Å². The first kappa shape index (κ1) is 17.6. The predicted molar refractivity (Wildman–Crippen MR) is 104 cm³/mol. The topological polar surface area (TPSA) is 46.2 Å². The van der Waals surface area contributed by atoms with Crippen molar-refractivity contribution >= 4 is 23.0 Å². The van der Waals surface area contributed by atoms with Crippen LogP contribution < -0.4 is 5.32 Å². The van der Waals surface area contributed by atoms with Crippen LogP contribution in [0.1, 0.15) is 44.4 Å². The smallest absolute Gasteiger partial charge is 0.293 e. The normalized spacial score (nSPS) is 13.8. The number of halogens is 1. The van der Waals surface area contributed by atoms with E-state index in [1.807, 2.05) is 29.6 Å². The molecule has 1 atom stereocenters. The molecule has 5 heteroatoms. The Morgan fingerprint density at radius 1 is 1.00 bits per heavy atom. The Labute approximate surface area is 160 Å². The highest BCUT2D eigenvalue weighted by Crippen LogP contribution is 2.27. The van der Waals surface area contributed by atoms with E-state index in [-0.39, 0.29) is 5.82 Å². The van der Waals surface area contributed by atoms with Gasteiger partial charge in [-0.3, -0.25) is 9.59 Å². The fourth-order valence-electron chi connectivity index (χ4n) is 3.47. The Bertz CT molecular complexity index is 980. The van der Waals surface area contributed by atoms with Crippen molar-refractivity contribution in [2.45, 2.75) is 25.3 Å². The van der Waals surface area contributed by atoms with Crippen molar-refractivity contribution in [3.8, 4) is 0 Å². The highest BCUT2D eigenvalue weighted by Gasteiger charge is 2.24. The van der Waals surface area contributed by atoms with Crippen LogP contribution in [-0.4, -0.2) is 11.7 Å². The number of ketones is 1. The summed E-state index contributed by atoms with van der Waals surface area (Å²) in [5.41, 5.74) is 3.56. The Morgan fingerprint density at radius 3 is 2.52 bits per heavy atom. The number of hydrogen-bond acceptors (Lipinski definition) is 3. The van der Waals surface area contributed by atoms with Crippen molar-refractivity contribution in [1.82, 2.24) is 5.32 Å². The van der Waals surface area contributed by atoms with Crippen LogP contribution >= 0.6 is 11.3 Å². The second kappa shape index (κ2) is 7.45. The molecule has 136 valence electrons. The number of aryl methyl sites for hydroxylation is 2.